The smallest absolute Gasteiger partial charge is 0.0316 e. The standard InChI is InChI=1S/C14H23N3/c1-3-16-17-8-6-12(7-9-17)14-5-4-13(15)10-11(14)2/h4-5,10,12,16H,3,6-9,15H2,1-2H3. The van der Waals surface area contributed by atoms with E-state index in [-0.39, 0.29) is 0 Å². The Hall–Kier alpha value is -1.06. The Labute approximate surface area is 104 Å². The molecule has 0 aliphatic carbocycles. The Balaban J connectivity index is 2.00. The first kappa shape index (κ1) is 12.4. The van der Waals surface area contributed by atoms with Crippen LogP contribution in [0.25, 0.3) is 0 Å². The summed E-state index contributed by atoms with van der Waals surface area (Å²) in [6, 6.07) is 6.32. The molecule has 1 heterocycles. The number of piperidine rings is 1. The summed E-state index contributed by atoms with van der Waals surface area (Å²) in [4.78, 5) is 0. The molecule has 1 aromatic carbocycles. The highest BCUT2D eigenvalue weighted by atomic mass is 15.5. The second kappa shape index (κ2) is 5.52. The number of nitrogens with one attached hydrogen (secondary N) is 1. The van der Waals surface area contributed by atoms with Crippen LogP contribution in [-0.4, -0.2) is 24.6 Å². The Kier molecular flexibility index (Phi) is 4.02. The third-order valence-electron chi connectivity index (χ3n) is 3.61. The topological polar surface area (TPSA) is 41.3 Å². The summed E-state index contributed by atoms with van der Waals surface area (Å²) in [5, 5.41) is 2.34. The van der Waals surface area contributed by atoms with Gasteiger partial charge in [0, 0.05) is 25.3 Å². The molecule has 0 bridgehead atoms. The van der Waals surface area contributed by atoms with Crippen LogP contribution in [0, 0.1) is 6.92 Å². The maximum Gasteiger partial charge on any atom is 0.0316 e. The number of hydrazine groups is 1. The van der Waals surface area contributed by atoms with Crippen LogP contribution in [0.4, 0.5) is 5.69 Å². The van der Waals surface area contributed by atoms with Gasteiger partial charge < -0.3 is 5.73 Å². The van der Waals surface area contributed by atoms with Gasteiger partial charge in [-0.15, -0.1) is 0 Å². The molecule has 3 heteroatoms. The lowest BCUT2D eigenvalue weighted by molar-refractivity contribution is 0.147. The molecule has 0 amide bonds. The van der Waals surface area contributed by atoms with Gasteiger partial charge in [-0.05, 0) is 48.9 Å². The molecule has 3 N–H and O–H groups in total. The average molecular weight is 233 g/mol. The summed E-state index contributed by atoms with van der Waals surface area (Å²) >= 11 is 0. The number of nitrogen functional groups attached to an aromatic ring is 1. The molecule has 2 rings (SSSR count). The maximum absolute atomic E-state index is 5.80. The SMILES string of the molecule is CCNN1CCC(c2ccc(N)cc2C)CC1. The second-order valence-corrected chi connectivity index (χ2v) is 4.89. The van der Waals surface area contributed by atoms with E-state index < -0.39 is 0 Å². The van der Waals surface area contributed by atoms with Gasteiger partial charge in [0.15, 0.2) is 0 Å². The number of rotatable bonds is 3. The van der Waals surface area contributed by atoms with E-state index in [0.29, 0.717) is 5.92 Å². The van der Waals surface area contributed by atoms with Crippen LogP contribution in [0.5, 0.6) is 0 Å². The number of benzene rings is 1. The van der Waals surface area contributed by atoms with Gasteiger partial charge in [-0.25, -0.2) is 5.01 Å². The van der Waals surface area contributed by atoms with Crippen molar-refractivity contribution in [1.82, 2.24) is 10.4 Å². The average Bonchev–Trinajstić information content (AvgIpc) is 2.31. The minimum atomic E-state index is 0.700. The fourth-order valence-electron chi connectivity index (χ4n) is 2.73. The molecule has 1 fully saturated rings. The first-order valence-electron chi connectivity index (χ1n) is 6.55. The van der Waals surface area contributed by atoms with Crippen LogP contribution < -0.4 is 11.2 Å². The molecular formula is C14H23N3. The van der Waals surface area contributed by atoms with Gasteiger partial charge in [0.05, 0.1) is 0 Å². The Bertz CT molecular complexity index is 368. The zero-order chi connectivity index (χ0) is 12.3. The number of hydrogen-bond donors (Lipinski definition) is 2. The molecule has 1 saturated heterocycles. The summed E-state index contributed by atoms with van der Waals surface area (Å²) in [5.41, 5.74) is 12.9. The lowest BCUT2D eigenvalue weighted by Crippen LogP contribution is -2.43. The summed E-state index contributed by atoms with van der Waals surface area (Å²) in [6.07, 6.45) is 2.47. The lowest BCUT2D eigenvalue weighted by atomic mass is 9.87. The van der Waals surface area contributed by atoms with E-state index in [2.05, 4.69) is 36.4 Å². The Morgan fingerprint density at radius 2 is 2.06 bits per heavy atom. The summed E-state index contributed by atoms with van der Waals surface area (Å²) in [6.45, 7) is 7.62. The van der Waals surface area contributed by atoms with Crippen molar-refractivity contribution < 1.29 is 0 Å². The number of aryl methyl sites for hydroxylation is 1. The molecule has 1 aromatic rings. The van der Waals surface area contributed by atoms with Gasteiger partial charge in [0.1, 0.15) is 0 Å². The lowest BCUT2D eigenvalue weighted by Gasteiger charge is -2.32. The molecule has 0 spiro atoms. The van der Waals surface area contributed by atoms with Crippen molar-refractivity contribution in [2.24, 2.45) is 0 Å². The highest BCUT2D eigenvalue weighted by Gasteiger charge is 2.21. The van der Waals surface area contributed by atoms with Crippen molar-refractivity contribution in [2.75, 3.05) is 25.4 Å². The van der Waals surface area contributed by atoms with Crippen molar-refractivity contribution in [3.63, 3.8) is 0 Å². The molecule has 3 nitrogen and oxygen atoms in total. The predicted octanol–water partition coefficient (Wildman–Crippen LogP) is 2.28. The minimum absolute atomic E-state index is 0.700. The van der Waals surface area contributed by atoms with Gasteiger partial charge in [0.2, 0.25) is 0 Å². The quantitative estimate of drug-likeness (QED) is 0.787. The number of hydrogen-bond acceptors (Lipinski definition) is 3. The third kappa shape index (κ3) is 2.99. The Morgan fingerprint density at radius 3 is 2.65 bits per heavy atom. The van der Waals surface area contributed by atoms with E-state index in [1.54, 1.807) is 0 Å². The van der Waals surface area contributed by atoms with Crippen molar-refractivity contribution in [3.8, 4) is 0 Å². The minimum Gasteiger partial charge on any atom is -0.399 e. The highest BCUT2D eigenvalue weighted by Crippen LogP contribution is 2.30. The molecular weight excluding hydrogens is 210 g/mol. The Morgan fingerprint density at radius 1 is 1.35 bits per heavy atom. The summed E-state index contributed by atoms with van der Waals surface area (Å²) in [7, 11) is 0. The second-order valence-electron chi connectivity index (χ2n) is 4.89. The van der Waals surface area contributed by atoms with E-state index in [4.69, 9.17) is 5.73 Å². The molecule has 1 aliphatic heterocycles. The number of nitrogens with two attached hydrogens (primary N) is 1. The summed E-state index contributed by atoms with van der Waals surface area (Å²) < 4.78 is 0. The third-order valence-corrected chi connectivity index (χ3v) is 3.61. The van der Waals surface area contributed by atoms with Crippen molar-refractivity contribution >= 4 is 5.69 Å². The van der Waals surface area contributed by atoms with Gasteiger partial charge in [0.25, 0.3) is 0 Å². The fourth-order valence-corrected chi connectivity index (χ4v) is 2.73. The van der Waals surface area contributed by atoms with Crippen molar-refractivity contribution in [3.05, 3.63) is 29.3 Å². The van der Waals surface area contributed by atoms with Crippen LogP contribution in [0.15, 0.2) is 18.2 Å². The van der Waals surface area contributed by atoms with Crippen LogP contribution in [-0.2, 0) is 0 Å². The van der Waals surface area contributed by atoms with Crippen molar-refractivity contribution in [2.45, 2.75) is 32.6 Å². The molecule has 1 aliphatic rings. The van der Waals surface area contributed by atoms with E-state index in [1.165, 1.54) is 24.0 Å². The molecule has 0 unspecified atom stereocenters. The zero-order valence-electron chi connectivity index (χ0n) is 10.9. The maximum atomic E-state index is 5.80. The van der Waals surface area contributed by atoms with Crippen LogP contribution in [0.3, 0.4) is 0 Å². The van der Waals surface area contributed by atoms with E-state index in [1.807, 2.05) is 6.07 Å². The summed E-state index contributed by atoms with van der Waals surface area (Å²) in [5.74, 6) is 0.700. The van der Waals surface area contributed by atoms with Gasteiger partial charge >= 0.3 is 0 Å². The highest BCUT2D eigenvalue weighted by molar-refractivity contribution is 5.45. The normalized spacial score (nSPS) is 18.5. The molecule has 0 radical (unpaired) electrons. The van der Waals surface area contributed by atoms with E-state index >= 15 is 0 Å². The molecule has 0 aromatic heterocycles. The van der Waals surface area contributed by atoms with Gasteiger partial charge in [-0.1, -0.05) is 13.0 Å². The molecule has 94 valence electrons. The predicted molar refractivity (Wildman–Crippen MR) is 72.8 cm³/mol. The number of nitrogens with zero attached hydrogens (tertiary/aromatic N) is 1. The first-order chi connectivity index (χ1) is 8.20. The van der Waals surface area contributed by atoms with Crippen LogP contribution >= 0.6 is 0 Å². The molecule has 17 heavy (non-hydrogen) atoms. The van der Waals surface area contributed by atoms with E-state index in [0.717, 1.165) is 25.3 Å². The largest absolute Gasteiger partial charge is 0.399 e. The van der Waals surface area contributed by atoms with E-state index in [9.17, 15) is 0 Å². The van der Waals surface area contributed by atoms with Crippen LogP contribution in [0.1, 0.15) is 36.8 Å². The van der Waals surface area contributed by atoms with Gasteiger partial charge in [-0.2, -0.15) is 0 Å². The van der Waals surface area contributed by atoms with Crippen molar-refractivity contribution in [1.29, 1.82) is 0 Å². The van der Waals surface area contributed by atoms with Gasteiger partial charge in [-0.3, -0.25) is 5.43 Å². The molecule has 0 atom stereocenters. The fraction of sp³-hybridized carbons (Fsp3) is 0.571. The zero-order valence-corrected chi connectivity index (χ0v) is 10.9. The van der Waals surface area contributed by atoms with Crippen LogP contribution in [0.2, 0.25) is 0 Å². The molecule has 0 saturated carbocycles. The monoisotopic (exact) mass is 233 g/mol. The number of anilines is 1. The first-order valence-corrected chi connectivity index (χ1v) is 6.55.